The Kier molecular flexibility index (Phi) is 6.87. The van der Waals surface area contributed by atoms with Crippen LogP contribution in [0.15, 0.2) is 11.6 Å². The van der Waals surface area contributed by atoms with E-state index < -0.39 is 0 Å². The van der Waals surface area contributed by atoms with Crippen LogP contribution in [-0.4, -0.2) is 23.1 Å². The second-order valence-electron chi connectivity index (χ2n) is 3.27. The van der Waals surface area contributed by atoms with E-state index >= 15 is 0 Å². The van der Waals surface area contributed by atoms with E-state index in [-0.39, 0.29) is 0 Å². The zero-order valence-corrected chi connectivity index (χ0v) is 9.73. The van der Waals surface area contributed by atoms with E-state index in [4.69, 9.17) is 24.4 Å². The van der Waals surface area contributed by atoms with E-state index in [9.17, 15) is 0 Å². The van der Waals surface area contributed by atoms with Gasteiger partial charge in [-0.1, -0.05) is 19.3 Å². The molecule has 0 aliphatic rings. The van der Waals surface area contributed by atoms with Crippen molar-refractivity contribution in [3.63, 3.8) is 0 Å². The molecule has 0 amide bonds. The fraction of sp³-hybridized carbons (Fsp3) is 0.545. The molecular formula is C11H18N2S. The lowest BCUT2D eigenvalue weighted by molar-refractivity contribution is 0.440. The molecule has 0 radical (unpaired) electrons. The summed E-state index contributed by atoms with van der Waals surface area (Å²) >= 11 is 4.96. The van der Waals surface area contributed by atoms with Gasteiger partial charge in [0.05, 0.1) is 0 Å². The molecule has 0 aromatic carbocycles. The van der Waals surface area contributed by atoms with E-state index in [1.807, 2.05) is 11.8 Å². The van der Waals surface area contributed by atoms with Crippen LogP contribution in [0.2, 0.25) is 0 Å². The minimum absolute atomic E-state index is 0.447. The summed E-state index contributed by atoms with van der Waals surface area (Å²) in [5, 5.41) is 0.447. The molecule has 0 rings (SSSR count). The highest BCUT2D eigenvalue weighted by atomic mass is 32.1. The lowest BCUT2D eigenvalue weighted by atomic mass is 10.2. The maximum atomic E-state index is 5.60. The smallest absolute Gasteiger partial charge is 0.166 e. The van der Waals surface area contributed by atoms with Gasteiger partial charge < -0.3 is 10.6 Å². The third-order valence-electron chi connectivity index (χ3n) is 1.86. The van der Waals surface area contributed by atoms with Gasteiger partial charge in [0.1, 0.15) is 0 Å². The van der Waals surface area contributed by atoms with E-state index in [1.165, 1.54) is 0 Å². The maximum absolute atomic E-state index is 5.60. The number of unbranched alkanes of at least 4 members (excludes halogenated alkanes) is 1. The average molecular weight is 210 g/mol. The van der Waals surface area contributed by atoms with Gasteiger partial charge in [-0.3, -0.25) is 0 Å². The van der Waals surface area contributed by atoms with Gasteiger partial charge in [0, 0.05) is 13.1 Å². The highest BCUT2D eigenvalue weighted by Gasteiger charge is 2.05. The van der Waals surface area contributed by atoms with Crippen LogP contribution in [0, 0.1) is 12.3 Å². The summed E-state index contributed by atoms with van der Waals surface area (Å²) in [7, 11) is 0. The number of nitrogens with zero attached hydrogens (tertiary/aromatic N) is 1. The quantitative estimate of drug-likeness (QED) is 0.555. The molecule has 0 unspecified atom stereocenters. The molecule has 3 heteroatoms. The van der Waals surface area contributed by atoms with Crippen molar-refractivity contribution in [2.45, 2.75) is 26.7 Å². The van der Waals surface area contributed by atoms with Gasteiger partial charge in [0.15, 0.2) is 5.11 Å². The van der Waals surface area contributed by atoms with Crippen LogP contribution in [0.1, 0.15) is 26.7 Å². The minimum atomic E-state index is 0.447. The predicted octanol–water partition coefficient (Wildman–Crippen LogP) is 1.91. The molecule has 0 aliphatic heterocycles. The van der Waals surface area contributed by atoms with E-state index in [1.54, 1.807) is 6.08 Å². The standard InChI is InChI=1S/C11H18N2S/c1-4-6-8-13(11(12)14)9-10(3)7-5-2/h2,7H,4,6,8-9H2,1,3H3,(H2,12,14)/b10-7+. The molecule has 2 nitrogen and oxygen atoms in total. The summed E-state index contributed by atoms with van der Waals surface area (Å²) in [6, 6.07) is 0. The number of rotatable bonds is 5. The normalized spacial score (nSPS) is 10.8. The van der Waals surface area contributed by atoms with Gasteiger partial charge in [-0.05, 0) is 37.2 Å². The summed E-state index contributed by atoms with van der Waals surface area (Å²) in [6.07, 6.45) is 9.15. The summed E-state index contributed by atoms with van der Waals surface area (Å²) in [6.45, 7) is 5.76. The van der Waals surface area contributed by atoms with Gasteiger partial charge >= 0.3 is 0 Å². The van der Waals surface area contributed by atoms with Crippen LogP contribution in [-0.2, 0) is 0 Å². The fourth-order valence-electron chi connectivity index (χ4n) is 1.11. The highest BCUT2D eigenvalue weighted by molar-refractivity contribution is 7.80. The molecule has 0 spiro atoms. The number of hydrogen-bond donors (Lipinski definition) is 1. The van der Waals surface area contributed by atoms with Crippen LogP contribution >= 0.6 is 12.2 Å². The number of allylic oxidation sites excluding steroid dienone is 1. The van der Waals surface area contributed by atoms with Gasteiger partial charge in [-0.25, -0.2) is 0 Å². The molecule has 0 atom stereocenters. The molecule has 0 bridgehead atoms. The van der Waals surface area contributed by atoms with Gasteiger partial charge in [-0.2, -0.15) is 0 Å². The Hall–Kier alpha value is -1.01. The maximum Gasteiger partial charge on any atom is 0.166 e. The van der Waals surface area contributed by atoms with E-state index in [2.05, 4.69) is 12.8 Å². The van der Waals surface area contributed by atoms with E-state index in [0.29, 0.717) is 5.11 Å². The average Bonchev–Trinajstić information content (AvgIpc) is 2.12. The summed E-state index contributed by atoms with van der Waals surface area (Å²) < 4.78 is 0. The topological polar surface area (TPSA) is 29.3 Å². The molecule has 0 heterocycles. The van der Waals surface area contributed by atoms with Crippen molar-refractivity contribution < 1.29 is 0 Å². The Balaban J connectivity index is 4.17. The zero-order valence-electron chi connectivity index (χ0n) is 8.92. The second-order valence-corrected chi connectivity index (χ2v) is 3.69. The number of nitrogens with two attached hydrogens (primary N) is 1. The van der Waals surface area contributed by atoms with Crippen molar-refractivity contribution in [2.75, 3.05) is 13.1 Å². The van der Waals surface area contributed by atoms with Crippen LogP contribution in [0.3, 0.4) is 0 Å². The van der Waals surface area contributed by atoms with Crippen molar-refractivity contribution in [3.8, 4) is 12.3 Å². The first-order chi connectivity index (χ1) is 6.61. The zero-order chi connectivity index (χ0) is 11.0. The number of hydrogen-bond acceptors (Lipinski definition) is 1. The molecule has 0 fully saturated rings. The predicted molar refractivity (Wildman–Crippen MR) is 65.9 cm³/mol. The van der Waals surface area contributed by atoms with Crippen LogP contribution in [0.4, 0.5) is 0 Å². The molecule has 0 aliphatic carbocycles. The fourth-order valence-corrected chi connectivity index (χ4v) is 1.26. The largest absolute Gasteiger partial charge is 0.376 e. The number of thiocarbonyl (C=S) groups is 1. The third kappa shape index (κ3) is 5.60. The Bertz CT molecular complexity index is 251. The third-order valence-corrected chi connectivity index (χ3v) is 2.12. The van der Waals surface area contributed by atoms with Gasteiger partial charge in [0.25, 0.3) is 0 Å². The van der Waals surface area contributed by atoms with Crippen molar-refractivity contribution in [2.24, 2.45) is 5.73 Å². The molecule has 0 aromatic heterocycles. The van der Waals surface area contributed by atoms with Crippen LogP contribution < -0.4 is 5.73 Å². The molecule has 0 saturated carbocycles. The molecule has 14 heavy (non-hydrogen) atoms. The Morgan fingerprint density at radius 2 is 2.29 bits per heavy atom. The first-order valence-electron chi connectivity index (χ1n) is 4.78. The second kappa shape index (κ2) is 7.40. The molecule has 2 N–H and O–H groups in total. The lowest BCUT2D eigenvalue weighted by Crippen LogP contribution is -2.37. The van der Waals surface area contributed by atoms with Crippen LogP contribution in [0.25, 0.3) is 0 Å². The SMILES string of the molecule is C#C/C=C(\C)CN(CCCC)C(N)=S. The molecule has 78 valence electrons. The van der Waals surface area contributed by atoms with Crippen molar-refractivity contribution >= 4 is 17.3 Å². The van der Waals surface area contributed by atoms with Crippen molar-refractivity contribution in [1.29, 1.82) is 0 Å². The first-order valence-corrected chi connectivity index (χ1v) is 5.18. The van der Waals surface area contributed by atoms with Crippen molar-refractivity contribution in [1.82, 2.24) is 4.90 Å². The molecule has 0 saturated heterocycles. The molecular weight excluding hydrogens is 192 g/mol. The summed E-state index contributed by atoms with van der Waals surface area (Å²) in [4.78, 5) is 1.97. The summed E-state index contributed by atoms with van der Waals surface area (Å²) in [5.41, 5.74) is 6.71. The highest BCUT2D eigenvalue weighted by Crippen LogP contribution is 2.01. The Morgan fingerprint density at radius 3 is 2.71 bits per heavy atom. The number of terminal acetylenes is 1. The van der Waals surface area contributed by atoms with Gasteiger partial charge in [-0.15, -0.1) is 6.42 Å². The van der Waals surface area contributed by atoms with E-state index in [0.717, 1.165) is 31.5 Å². The monoisotopic (exact) mass is 210 g/mol. The Morgan fingerprint density at radius 1 is 1.64 bits per heavy atom. The van der Waals surface area contributed by atoms with Crippen molar-refractivity contribution in [3.05, 3.63) is 11.6 Å². The minimum Gasteiger partial charge on any atom is -0.376 e. The van der Waals surface area contributed by atoms with Gasteiger partial charge in [0.2, 0.25) is 0 Å². The Labute approximate surface area is 92.2 Å². The molecule has 0 aromatic rings. The summed E-state index contributed by atoms with van der Waals surface area (Å²) in [5.74, 6) is 2.50. The van der Waals surface area contributed by atoms with Crippen LogP contribution in [0.5, 0.6) is 0 Å². The lowest BCUT2D eigenvalue weighted by Gasteiger charge is -2.22. The first kappa shape index (κ1) is 13.0.